The first-order valence-corrected chi connectivity index (χ1v) is 10.2. The molecule has 0 N–H and O–H groups in total. The highest BCUT2D eigenvalue weighted by Crippen LogP contribution is 2.29. The molecular formula is C21H28N4O3. The number of hydrogen-bond donors (Lipinski definition) is 0. The lowest BCUT2D eigenvalue weighted by atomic mass is 9.94. The van der Waals surface area contributed by atoms with Crippen molar-refractivity contribution in [3.8, 4) is 0 Å². The van der Waals surface area contributed by atoms with E-state index < -0.39 is 0 Å². The molecule has 150 valence electrons. The van der Waals surface area contributed by atoms with Crippen molar-refractivity contribution in [2.24, 2.45) is 10.9 Å². The molecule has 3 aliphatic rings. The van der Waals surface area contributed by atoms with E-state index in [4.69, 9.17) is 14.2 Å². The van der Waals surface area contributed by atoms with E-state index in [9.17, 15) is 0 Å². The van der Waals surface area contributed by atoms with E-state index in [1.165, 1.54) is 12.8 Å². The number of aromatic nitrogens is 2. The SMILES string of the molecule is CCOC1=NC2=CC=C(OCCC3CCN(c4cc(C)cnn4)CC3)CC2O1. The highest BCUT2D eigenvalue weighted by molar-refractivity contribution is 5.72. The van der Waals surface area contributed by atoms with Crippen LogP contribution in [0.2, 0.25) is 0 Å². The highest BCUT2D eigenvalue weighted by atomic mass is 16.7. The molecule has 1 saturated heterocycles. The number of piperidine rings is 1. The lowest BCUT2D eigenvalue weighted by Crippen LogP contribution is -2.34. The van der Waals surface area contributed by atoms with E-state index in [-0.39, 0.29) is 6.10 Å². The van der Waals surface area contributed by atoms with Crippen LogP contribution in [0.3, 0.4) is 0 Å². The topological polar surface area (TPSA) is 69.1 Å². The van der Waals surface area contributed by atoms with E-state index in [1.807, 2.05) is 19.1 Å². The van der Waals surface area contributed by atoms with Crippen LogP contribution in [0.15, 0.2) is 40.9 Å². The number of allylic oxidation sites excluding steroid dienone is 2. The van der Waals surface area contributed by atoms with E-state index >= 15 is 0 Å². The third kappa shape index (κ3) is 4.46. The van der Waals surface area contributed by atoms with Crippen molar-refractivity contribution in [3.63, 3.8) is 0 Å². The normalized spacial score (nSPS) is 22.0. The number of nitrogens with zero attached hydrogens (tertiary/aromatic N) is 4. The minimum absolute atomic E-state index is 0.0692. The van der Waals surface area contributed by atoms with Gasteiger partial charge < -0.3 is 19.1 Å². The van der Waals surface area contributed by atoms with Gasteiger partial charge >= 0.3 is 6.08 Å². The standard InChI is InChI=1S/C21H28N4O3/c1-3-26-21-23-18-5-4-17(13-19(18)28-21)27-11-8-16-6-9-25(10-7-16)20-12-15(2)14-22-24-20/h4-5,12,14,16,19H,3,6-11,13H2,1-2H3. The van der Waals surface area contributed by atoms with Crippen molar-refractivity contribution in [3.05, 3.63) is 41.4 Å². The van der Waals surface area contributed by atoms with Crippen molar-refractivity contribution in [1.82, 2.24) is 10.2 Å². The molecule has 0 spiro atoms. The van der Waals surface area contributed by atoms with Crippen LogP contribution < -0.4 is 4.90 Å². The molecule has 2 aliphatic heterocycles. The smallest absolute Gasteiger partial charge is 0.389 e. The summed E-state index contributed by atoms with van der Waals surface area (Å²) < 4.78 is 17.1. The Morgan fingerprint density at radius 1 is 1.21 bits per heavy atom. The van der Waals surface area contributed by atoms with Crippen LogP contribution in [0.1, 0.15) is 38.2 Å². The molecule has 1 unspecified atom stereocenters. The first kappa shape index (κ1) is 18.8. The Labute approximate surface area is 166 Å². The first-order chi connectivity index (χ1) is 13.7. The number of aliphatic imine (C=N–C) groups is 1. The fraction of sp³-hybridized carbons (Fsp3) is 0.571. The zero-order valence-corrected chi connectivity index (χ0v) is 16.6. The van der Waals surface area contributed by atoms with Gasteiger partial charge in [-0.15, -0.1) is 5.10 Å². The number of aryl methyl sites for hydroxylation is 1. The summed E-state index contributed by atoms with van der Waals surface area (Å²) in [5.74, 6) is 2.66. The predicted octanol–water partition coefficient (Wildman–Crippen LogP) is 3.37. The van der Waals surface area contributed by atoms with E-state index in [0.29, 0.717) is 18.6 Å². The summed E-state index contributed by atoms with van der Waals surface area (Å²) in [7, 11) is 0. The maximum absolute atomic E-state index is 6.03. The largest absolute Gasteiger partial charge is 0.498 e. The zero-order valence-electron chi connectivity index (χ0n) is 16.6. The van der Waals surface area contributed by atoms with Gasteiger partial charge in [0, 0.05) is 19.5 Å². The van der Waals surface area contributed by atoms with Gasteiger partial charge in [-0.05, 0) is 62.8 Å². The number of hydrogen-bond acceptors (Lipinski definition) is 7. The second kappa shape index (κ2) is 8.63. The Hall–Kier alpha value is -2.57. The Kier molecular flexibility index (Phi) is 5.78. The molecule has 0 saturated carbocycles. The summed E-state index contributed by atoms with van der Waals surface area (Å²) in [6, 6.07) is 2.11. The van der Waals surface area contributed by atoms with Gasteiger partial charge in [0.1, 0.15) is 5.76 Å². The quantitative estimate of drug-likeness (QED) is 0.749. The van der Waals surface area contributed by atoms with Gasteiger partial charge in [-0.2, -0.15) is 10.1 Å². The molecule has 3 heterocycles. The van der Waals surface area contributed by atoms with Crippen molar-refractivity contribution in [2.75, 3.05) is 31.2 Å². The minimum Gasteiger partial charge on any atom is -0.498 e. The molecule has 0 aromatic carbocycles. The Balaban J connectivity index is 1.19. The lowest BCUT2D eigenvalue weighted by Gasteiger charge is -2.32. The summed E-state index contributed by atoms with van der Waals surface area (Å²) >= 11 is 0. The maximum Gasteiger partial charge on any atom is 0.389 e. The number of anilines is 1. The van der Waals surface area contributed by atoms with Gasteiger partial charge in [0.25, 0.3) is 0 Å². The summed E-state index contributed by atoms with van der Waals surface area (Å²) in [6.07, 6.45) is 10.2. The zero-order chi connectivity index (χ0) is 19.3. The molecule has 1 fully saturated rings. The Bertz CT molecular complexity index is 782. The van der Waals surface area contributed by atoms with Gasteiger partial charge in [0.15, 0.2) is 11.9 Å². The molecule has 1 atom stereocenters. The van der Waals surface area contributed by atoms with Crippen LogP contribution in [-0.2, 0) is 14.2 Å². The fourth-order valence-electron chi connectivity index (χ4n) is 3.81. The van der Waals surface area contributed by atoms with Crippen LogP contribution in [0.25, 0.3) is 0 Å². The van der Waals surface area contributed by atoms with E-state index in [0.717, 1.165) is 55.4 Å². The van der Waals surface area contributed by atoms with Crippen molar-refractivity contribution in [1.29, 1.82) is 0 Å². The van der Waals surface area contributed by atoms with Crippen molar-refractivity contribution < 1.29 is 14.2 Å². The highest BCUT2D eigenvalue weighted by Gasteiger charge is 2.30. The van der Waals surface area contributed by atoms with Gasteiger partial charge in [0.05, 0.1) is 25.1 Å². The van der Waals surface area contributed by atoms with Gasteiger partial charge in [-0.3, -0.25) is 0 Å². The molecule has 0 amide bonds. The van der Waals surface area contributed by atoms with Crippen LogP contribution in [0, 0.1) is 12.8 Å². The molecule has 7 nitrogen and oxygen atoms in total. The summed E-state index contributed by atoms with van der Waals surface area (Å²) in [5.41, 5.74) is 2.07. The summed E-state index contributed by atoms with van der Waals surface area (Å²) in [4.78, 5) is 6.68. The van der Waals surface area contributed by atoms with Gasteiger partial charge in [0.2, 0.25) is 0 Å². The summed E-state index contributed by atoms with van der Waals surface area (Å²) in [6.45, 7) is 7.35. The summed E-state index contributed by atoms with van der Waals surface area (Å²) in [5, 5.41) is 8.33. The molecule has 0 radical (unpaired) electrons. The Morgan fingerprint density at radius 2 is 2.07 bits per heavy atom. The molecular weight excluding hydrogens is 356 g/mol. The monoisotopic (exact) mass is 384 g/mol. The van der Waals surface area contributed by atoms with Crippen LogP contribution in [0.5, 0.6) is 0 Å². The van der Waals surface area contributed by atoms with Crippen LogP contribution in [0.4, 0.5) is 5.82 Å². The van der Waals surface area contributed by atoms with Crippen molar-refractivity contribution >= 4 is 11.9 Å². The molecule has 4 rings (SSSR count). The predicted molar refractivity (Wildman–Crippen MR) is 107 cm³/mol. The number of rotatable bonds is 6. The minimum atomic E-state index is -0.0692. The fourth-order valence-corrected chi connectivity index (χ4v) is 3.81. The van der Waals surface area contributed by atoms with Crippen LogP contribution in [-0.4, -0.2) is 48.7 Å². The lowest BCUT2D eigenvalue weighted by molar-refractivity contribution is 0.120. The second-order valence-electron chi connectivity index (χ2n) is 7.50. The molecule has 28 heavy (non-hydrogen) atoms. The number of ether oxygens (including phenoxy) is 3. The Morgan fingerprint density at radius 3 is 2.86 bits per heavy atom. The maximum atomic E-state index is 6.03. The van der Waals surface area contributed by atoms with Gasteiger partial charge in [-0.1, -0.05) is 0 Å². The second-order valence-corrected chi connectivity index (χ2v) is 7.50. The average Bonchev–Trinajstić information content (AvgIpc) is 3.10. The molecule has 0 bridgehead atoms. The first-order valence-electron chi connectivity index (χ1n) is 10.2. The average molecular weight is 384 g/mol. The molecule has 1 aromatic heterocycles. The van der Waals surface area contributed by atoms with E-state index in [2.05, 4.69) is 33.1 Å². The third-order valence-electron chi connectivity index (χ3n) is 5.42. The molecule has 7 heteroatoms. The van der Waals surface area contributed by atoms with E-state index in [1.54, 1.807) is 6.20 Å². The molecule has 1 aromatic rings. The van der Waals surface area contributed by atoms with Gasteiger partial charge in [-0.25, -0.2) is 0 Å². The third-order valence-corrected chi connectivity index (χ3v) is 5.42. The molecule has 1 aliphatic carbocycles. The number of fused-ring (bicyclic) bond motifs is 1. The van der Waals surface area contributed by atoms with Crippen molar-refractivity contribution in [2.45, 2.75) is 45.6 Å². The van der Waals surface area contributed by atoms with Crippen LogP contribution >= 0.6 is 0 Å².